The molecule has 0 N–H and O–H groups in total. The van der Waals surface area contributed by atoms with E-state index < -0.39 is 0 Å². The zero-order valence-corrected chi connectivity index (χ0v) is 12.0. The summed E-state index contributed by atoms with van der Waals surface area (Å²) < 4.78 is 6.81. The van der Waals surface area contributed by atoms with E-state index in [9.17, 15) is 4.79 Å². The summed E-state index contributed by atoms with van der Waals surface area (Å²) in [6, 6.07) is 11.0. The van der Waals surface area contributed by atoms with Crippen LogP contribution in [0.4, 0.5) is 0 Å². The van der Waals surface area contributed by atoms with Gasteiger partial charge >= 0.3 is 5.76 Å². The first-order chi connectivity index (χ1) is 9.75. The van der Waals surface area contributed by atoms with Crippen LogP contribution in [0.1, 0.15) is 0 Å². The van der Waals surface area contributed by atoms with E-state index in [2.05, 4.69) is 4.98 Å². The van der Waals surface area contributed by atoms with Gasteiger partial charge < -0.3 is 4.42 Å². The molecule has 0 saturated heterocycles. The SMILES string of the molecule is O=c1oc2ccccc2n1CCSc1ncccc1Cl. The monoisotopic (exact) mass is 306 g/mol. The first kappa shape index (κ1) is 13.3. The minimum Gasteiger partial charge on any atom is -0.408 e. The van der Waals surface area contributed by atoms with Crippen LogP contribution in [-0.4, -0.2) is 15.3 Å². The third kappa shape index (κ3) is 2.59. The fraction of sp³-hybridized carbons (Fsp3) is 0.143. The van der Waals surface area contributed by atoms with Crippen molar-refractivity contribution in [3.63, 3.8) is 0 Å². The van der Waals surface area contributed by atoms with E-state index in [1.807, 2.05) is 18.2 Å². The molecule has 0 unspecified atom stereocenters. The van der Waals surface area contributed by atoms with Gasteiger partial charge in [-0.2, -0.15) is 0 Å². The van der Waals surface area contributed by atoms with Gasteiger partial charge in [-0.3, -0.25) is 4.57 Å². The predicted molar refractivity (Wildman–Crippen MR) is 80.4 cm³/mol. The first-order valence-corrected chi connectivity index (χ1v) is 7.44. The maximum Gasteiger partial charge on any atom is 0.419 e. The normalized spacial score (nSPS) is 11.1. The second-order valence-corrected chi connectivity index (χ2v) is 5.62. The van der Waals surface area contributed by atoms with Crippen LogP contribution in [0.5, 0.6) is 0 Å². The lowest BCUT2D eigenvalue weighted by molar-refractivity contribution is 0.514. The first-order valence-electron chi connectivity index (χ1n) is 6.07. The van der Waals surface area contributed by atoms with E-state index in [0.29, 0.717) is 22.9 Å². The van der Waals surface area contributed by atoms with Gasteiger partial charge in [0.2, 0.25) is 0 Å². The van der Waals surface area contributed by atoms with Crippen molar-refractivity contribution in [2.45, 2.75) is 11.6 Å². The molecule has 102 valence electrons. The number of para-hydroxylation sites is 2. The Morgan fingerprint density at radius 2 is 2.10 bits per heavy atom. The van der Waals surface area contributed by atoms with E-state index in [1.165, 1.54) is 11.8 Å². The minimum atomic E-state index is -0.334. The average molecular weight is 307 g/mol. The van der Waals surface area contributed by atoms with Crippen molar-refractivity contribution in [3.8, 4) is 0 Å². The molecule has 0 atom stereocenters. The van der Waals surface area contributed by atoms with E-state index in [-0.39, 0.29) is 5.76 Å². The predicted octanol–water partition coefficient (Wildman–Crippen LogP) is 3.44. The van der Waals surface area contributed by atoms with Gasteiger partial charge in [-0.05, 0) is 24.3 Å². The number of hydrogen-bond acceptors (Lipinski definition) is 4. The molecule has 0 aliphatic rings. The number of nitrogens with zero attached hydrogens (tertiary/aromatic N) is 2. The molecule has 6 heteroatoms. The molecule has 2 aromatic heterocycles. The lowest BCUT2D eigenvalue weighted by Gasteiger charge is -2.03. The number of thioether (sulfide) groups is 1. The molecule has 0 radical (unpaired) electrons. The third-order valence-corrected chi connectivity index (χ3v) is 4.25. The summed E-state index contributed by atoms with van der Waals surface area (Å²) in [6.07, 6.45) is 1.70. The Morgan fingerprint density at radius 1 is 1.25 bits per heavy atom. The van der Waals surface area contributed by atoms with Gasteiger partial charge in [-0.25, -0.2) is 9.78 Å². The molecule has 3 rings (SSSR count). The molecule has 0 amide bonds. The van der Waals surface area contributed by atoms with Crippen molar-refractivity contribution in [2.24, 2.45) is 0 Å². The van der Waals surface area contributed by atoms with Crippen LogP contribution in [0.2, 0.25) is 5.02 Å². The highest BCUT2D eigenvalue weighted by atomic mass is 35.5. The van der Waals surface area contributed by atoms with Crippen molar-refractivity contribution in [1.29, 1.82) is 0 Å². The number of halogens is 1. The largest absolute Gasteiger partial charge is 0.419 e. The molecule has 0 spiro atoms. The van der Waals surface area contributed by atoms with E-state index in [4.69, 9.17) is 16.0 Å². The summed E-state index contributed by atoms with van der Waals surface area (Å²) in [7, 11) is 0. The lowest BCUT2D eigenvalue weighted by Crippen LogP contribution is -2.15. The van der Waals surface area contributed by atoms with Crippen molar-refractivity contribution >= 4 is 34.5 Å². The minimum absolute atomic E-state index is 0.334. The van der Waals surface area contributed by atoms with Gasteiger partial charge in [-0.1, -0.05) is 23.7 Å². The highest BCUT2D eigenvalue weighted by Crippen LogP contribution is 2.24. The van der Waals surface area contributed by atoms with Crippen LogP contribution in [0.15, 0.2) is 56.8 Å². The number of fused-ring (bicyclic) bond motifs is 1. The zero-order chi connectivity index (χ0) is 13.9. The summed E-state index contributed by atoms with van der Waals surface area (Å²) >= 11 is 7.56. The van der Waals surface area contributed by atoms with E-state index in [1.54, 1.807) is 29.0 Å². The number of pyridine rings is 1. The molecule has 4 nitrogen and oxygen atoms in total. The maximum atomic E-state index is 11.8. The van der Waals surface area contributed by atoms with Crippen molar-refractivity contribution in [3.05, 3.63) is 58.2 Å². The van der Waals surface area contributed by atoms with Gasteiger partial charge in [0, 0.05) is 18.5 Å². The fourth-order valence-electron chi connectivity index (χ4n) is 1.94. The quantitative estimate of drug-likeness (QED) is 0.693. The van der Waals surface area contributed by atoms with E-state index in [0.717, 1.165) is 10.5 Å². The standard InChI is InChI=1S/C14H11ClN2O2S/c15-10-4-3-7-16-13(10)20-9-8-17-11-5-1-2-6-12(11)19-14(17)18/h1-7H,8-9H2. The van der Waals surface area contributed by atoms with Gasteiger partial charge in [0.05, 0.1) is 10.5 Å². The molecular formula is C14H11ClN2O2S. The molecule has 1 aromatic carbocycles. The molecule has 0 aliphatic heterocycles. The van der Waals surface area contributed by atoms with Gasteiger partial charge in [0.25, 0.3) is 0 Å². The highest BCUT2D eigenvalue weighted by Gasteiger charge is 2.08. The van der Waals surface area contributed by atoms with Crippen molar-refractivity contribution < 1.29 is 4.42 Å². The lowest BCUT2D eigenvalue weighted by atomic mass is 10.3. The second kappa shape index (κ2) is 5.73. The third-order valence-electron chi connectivity index (χ3n) is 2.85. The Bertz CT molecular complexity index is 797. The Balaban J connectivity index is 1.76. The Morgan fingerprint density at radius 3 is 2.95 bits per heavy atom. The second-order valence-electron chi connectivity index (χ2n) is 4.13. The molecule has 0 fully saturated rings. The fourth-order valence-corrected chi connectivity index (χ4v) is 3.03. The number of rotatable bonds is 4. The van der Waals surface area contributed by atoms with Crippen LogP contribution in [0, 0.1) is 0 Å². The maximum absolute atomic E-state index is 11.8. The number of hydrogen-bond donors (Lipinski definition) is 0. The highest BCUT2D eigenvalue weighted by molar-refractivity contribution is 7.99. The Kier molecular flexibility index (Phi) is 3.80. The van der Waals surface area contributed by atoms with Crippen molar-refractivity contribution in [1.82, 2.24) is 9.55 Å². The molecular weight excluding hydrogens is 296 g/mol. The van der Waals surface area contributed by atoms with Crippen molar-refractivity contribution in [2.75, 3.05) is 5.75 Å². The smallest absolute Gasteiger partial charge is 0.408 e. The van der Waals surface area contributed by atoms with Gasteiger partial charge in [0.1, 0.15) is 5.03 Å². The number of aryl methyl sites for hydroxylation is 1. The van der Waals surface area contributed by atoms with Crippen LogP contribution in [-0.2, 0) is 6.54 Å². The Hall–Kier alpha value is -1.72. The topological polar surface area (TPSA) is 48.0 Å². The summed E-state index contributed by atoms with van der Waals surface area (Å²) in [6.45, 7) is 0.549. The number of oxazole rings is 1. The van der Waals surface area contributed by atoms with Crippen LogP contribution < -0.4 is 5.76 Å². The molecule has 20 heavy (non-hydrogen) atoms. The summed E-state index contributed by atoms with van der Waals surface area (Å²) in [5.41, 5.74) is 1.42. The zero-order valence-electron chi connectivity index (χ0n) is 10.5. The van der Waals surface area contributed by atoms with Crippen LogP contribution in [0.3, 0.4) is 0 Å². The summed E-state index contributed by atoms with van der Waals surface area (Å²) in [4.78, 5) is 16.0. The number of aromatic nitrogens is 2. The molecule has 0 aliphatic carbocycles. The molecule has 3 aromatic rings. The Labute approximate surface area is 124 Å². The van der Waals surface area contributed by atoms with Crippen LogP contribution in [0.25, 0.3) is 11.1 Å². The number of benzene rings is 1. The molecule has 0 saturated carbocycles. The summed E-state index contributed by atoms with van der Waals surface area (Å²) in [5, 5.41) is 1.40. The van der Waals surface area contributed by atoms with Gasteiger partial charge in [-0.15, -0.1) is 11.8 Å². The summed E-state index contributed by atoms with van der Waals surface area (Å²) in [5.74, 6) is 0.360. The van der Waals surface area contributed by atoms with E-state index >= 15 is 0 Å². The molecule has 2 heterocycles. The van der Waals surface area contributed by atoms with Gasteiger partial charge in [0.15, 0.2) is 5.58 Å². The average Bonchev–Trinajstić information content (AvgIpc) is 2.77. The molecule has 0 bridgehead atoms. The van der Waals surface area contributed by atoms with Crippen LogP contribution >= 0.6 is 23.4 Å².